The summed E-state index contributed by atoms with van der Waals surface area (Å²) in [4.78, 5) is 4.50. The molecule has 0 N–H and O–H groups in total. The van der Waals surface area contributed by atoms with Crippen molar-refractivity contribution < 1.29 is 0 Å². The van der Waals surface area contributed by atoms with E-state index < -0.39 is 0 Å². The molecule has 0 aliphatic heterocycles. The van der Waals surface area contributed by atoms with E-state index in [9.17, 15) is 0 Å². The molecule has 0 atom stereocenters. The molecule has 78 valence electrons. The van der Waals surface area contributed by atoms with Gasteiger partial charge in [-0.2, -0.15) is 0 Å². The maximum atomic E-state index is 5.96. The van der Waals surface area contributed by atoms with Crippen LogP contribution in [0.2, 0.25) is 5.02 Å². The van der Waals surface area contributed by atoms with Crippen LogP contribution < -0.4 is 0 Å². The summed E-state index contributed by atoms with van der Waals surface area (Å²) in [5, 5.41) is 1.95. The largest absolute Gasteiger partial charge is 0.253 e. The molecule has 0 bridgehead atoms. The van der Waals surface area contributed by atoms with Gasteiger partial charge in [-0.05, 0) is 36.6 Å². The second-order valence-corrected chi connectivity index (χ2v) is 4.61. The van der Waals surface area contributed by atoms with E-state index >= 15 is 0 Å². The van der Waals surface area contributed by atoms with Crippen molar-refractivity contribution in [2.24, 2.45) is 0 Å². The fourth-order valence-corrected chi connectivity index (χ4v) is 2.01. The number of nitrogens with zero attached hydrogens (tertiary/aromatic N) is 1. The molecule has 0 aliphatic carbocycles. The summed E-state index contributed by atoms with van der Waals surface area (Å²) in [6, 6.07) is 8.06. The van der Waals surface area contributed by atoms with E-state index in [1.54, 1.807) is 0 Å². The summed E-state index contributed by atoms with van der Waals surface area (Å²) in [6.07, 6.45) is 0. The average Bonchev–Trinajstić information content (AvgIpc) is 2.15. The van der Waals surface area contributed by atoms with Crippen molar-refractivity contribution in [1.82, 2.24) is 4.98 Å². The zero-order chi connectivity index (χ0) is 11.0. The molecule has 0 amide bonds. The van der Waals surface area contributed by atoms with Gasteiger partial charge in [0.15, 0.2) is 0 Å². The normalized spacial score (nSPS) is 11.3. The molecule has 1 aromatic heterocycles. The van der Waals surface area contributed by atoms with Crippen molar-refractivity contribution in [2.75, 3.05) is 0 Å². The summed E-state index contributed by atoms with van der Waals surface area (Å²) >= 11 is 5.96. The molecule has 0 radical (unpaired) electrons. The fraction of sp³-hybridized carbons (Fsp3) is 0.308. The van der Waals surface area contributed by atoms with Crippen molar-refractivity contribution in [3.63, 3.8) is 0 Å². The quantitative estimate of drug-likeness (QED) is 0.696. The average molecular weight is 220 g/mol. The number of aryl methyl sites for hydroxylation is 1. The zero-order valence-corrected chi connectivity index (χ0v) is 9.97. The number of pyridine rings is 1. The number of hydrogen-bond acceptors (Lipinski definition) is 1. The Morgan fingerprint density at radius 2 is 1.93 bits per heavy atom. The van der Waals surface area contributed by atoms with Gasteiger partial charge in [-0.25, -0.2) is 0 Å². The van der Waals surface area contributed by atoms with Crippen molar-refractivity contribution in [3.05, 3.63) is 40.5 Å². The first-order valence-corrected chi connectivity index (χ1v) is 5.52. The highest BCUT2D eigenvalue weighted by Crippen LogP contribution is 2.26. The van der Waals surface area contributed by atoms with Gasteiger partial charge in [-0.1, -0.05) is 31.5 Å². The SMILES string of the molecule is Cc1cc(C(C)C)c2ccc(Cl)cc2n1. The molecule has 0 aliphatic rings. The van der Waals surface area contributed by atoms with E-state index in [2.05, 4.69) is 31.0 Å². The molecule has 0 fully saturated rings. The van der Waals surface area contributed by atoms with Crippen molar-refractivity contribution in [3.8, 4) is 0 Å². The second kappa shape index (κ2) is 3.82. The Balaban J connectivity index is 2.80. The predicted molar refractivity (Wildman–Crippen MR) is 65.6 cm³/mol. The molecule has 1 aromatic carbocycles. The van der Waals surface area contributed by atoms with Crippen LogP contribution in [0.1, 0.15) is 31.0 Å². The number of halogens is 1. The standard InChI is InChI=1S/C13H14ClN/c1-8(2)12-6-9(3)15-13-7-10(14)4-5-11(12)13/h4-8H,1-3H3. The van der Waals surface area contributed by atoms with Gasteiger partial charge in [-0.3, -0.25) is 4.98 Å². The maximum absolute atomic E-state index is 5.96. The van der Waals surface area contributed by atoms with E-state index in [0.29, 0.717) is 5.92 Å². The van der Waals surface area contributed by atoms with Crippen molar-refractivity contribution >= 4 is 22.5 Å². The molecule has 2 heteroatoms. The molecule has 0 spiro atoms. The van der Waals surface area contributed by atoms with Crippen molar-refractivity contribution in [2.45, 2.75) is 26.7 Å². The molecule has 2 aromatic rings. The van der Waals surface area contributed by atoms with Gasteiger partial charge in [0.25, 0.3) is 0 Å². The van der Waals surface area contributed by atoms with Crippen LogP contribution in [0.25, 0.3) is 10.9 Å². The Morgan fingerprint density at radius 1 is 1.20 bits per heavy atom. The van der Waals surface area contributed by atoms with E-state index in [0.717, 1.165) is 16.2 Å². The molecule has 1 heterocycles. The van der Waals surface area contributed by atoms with E-state index in [4.69, 9.17) is 11.6 Å². The van der Waals surface area contributed by atoms with Crippen LogP contribution in [0.3, 0.4) is 0 Å². The number of hydrogen-bond donors (Lipinski definition) is 0. The first-order chi connectivity index (χ1) is 7.08. The van der Waals surface area contributed by atoms with Crippen LogP contribution in [-0.4, -0.2) is 4.98 Å². The predicted octanol–water partition coefficient (Wildman–Crippen LogP) is 4.32. The minimum atomic E-state index is 0.510. The molecule has 0 saturated heterocycles. The summed E-state index contributed by atoms with van der Waals surface area (Å²) in [5.74, 6) is 0.510. The Bertz CT molecular complexity index is 498. The lowest BCUT2D eigenvalue weighted by molar-refractivity contribution is 0.871. The zero-order valence-electron chi connectivity index (χ0n) is 9.21. The van der Waals surface area contributed by atoms with Crippen LogP contribution in [0.4, 0.5) is 0 Å². The molecule has 2 rings (SSSR count). The summed E-state index contributed by atoms with van der Waals surface area (Å²) in [6.45, 7) is 6.41. The van der Waals surface area contributed by atoms with Gasteiger partial charge in [-0.15, -0.1) is 0 Å². The molecular formula is C13H14ClN. The van der Waals surface area contributed by atoms with Crippen LogP contribution in [0.15, 0.2) is 24.3 Å². The maximum Gasteiger partial charge on any atom is 0.0722 e. The van der Waals surface area contributed by atoms with Gasteiger partial charge in [0.05, 0.1) is 5.52 Å². The van der Waals surface area contributed by atoms with Gasteiger partial charge in [0.2, 0.25) is 0 Å². The Kier molecular flexibility index (Phi) is 2.66. The van der Waals surface area contributed by atoms with E-state index in [-0.39, 0.29) is 0 Å². The third kappa shape index (κ3) is 1.98. The van der Waals surface area contributed by atoms with Gasteiger partial charge >= 0.3 is 0 Å². The van der Waals surface area contributed by atoms with Crippen LogP contribution >= 0.6 is 11.6 Å². The van der Waals surface area contributed by atoms with Gasteiger partial charge in [0.1, 0.15) is 0 Å². The Hall–Kier alpha value is -1.08. The lowest BCUT2D eigenvalue weighted by Gasteiger charge is -2.10. The fourth-order valence-electron chi connectivity index (χ4n) is 1.84. The number of fused-ring (bicyclic) bond motifs is 1. The summed E-state index contributed by atoms with van der Waals surface area (Å²) in [7, 11) is 0. The second-order valence-electron chi connectivity index (χ2n) is 4.17. The lowest BCUT2D eigenvalue weighted by Crippen LogP contribution is -1.94. The molecule has 1 nitrogen and oxygen atoms in total. The topological polar surface area (TPSA) is 12.9 Å². The van der Waals surface area contributed by atoms with E-state index in [1.807, 2.05) is 19.1 Å². The third-order valence-electron chi connectivity index (χ3n) is 2.55. The first kappa shape index (κ1) is 10.4. The Morgan fingerprint density at radius 3 is 2.60 bits per heavy atom. The van der Waals surface area contributed by atoms with E-state index in [1.165, 1.54) is 10.9 Å². The van der Waals surface area contributed by atoms with Crippen LogP contribution in [0.5, 0.6) is 0 Å². The monoisotopic (exact) mass is 219 g/mol. The molecule has 15 heavy (non-hydrogen) atoms. The minimum Gasteiger partial charge on any atom is -0.253 e. The molecule has 0 saturated carbocycles. The number of benzene rings is 1. The molecular weight excluding hydrogens is 206 g/mol. The molecule has 0 unspecified atom stereocenters. The number of aromatic nitrogens is 1. The highest BCUT2D eigenvalue weighted by molar-refractivity contribution is 6.31. The van der Waals surface area contributed by atoms with Gasteiger partial charge < -0.3 is 0 Å². The highest BCUT2D eigenvalue weighted by atomic mass is 35.5. The smallest absolute Gasteiger partial charge is 0.0722 e. The summed E-state index contributed by atoms with van der Waals surface area (Å²) in [5.41, 5.74) is 3.38. The van der Waals surface area contributed by atoms with Crippen LogP contribution in [0, 0.1) is 6.92 Å². The first-order valence-electron chi connectivity index (χ1n) is 5.14. The van der Waals surface area contributed by atoms with Crippen LogP contribution in [-0.2, 0) is 0 Å². The Labute approximate surface area is 95.1 Å². The third-order valence-corrected chi connectivity index (χ3v) is 2.79. The van der Waals surface area contributed by atoms with Crippen molar-refractivity contribution in [1.29, 1.82) is 0 Å². The number of rotatable bonds is 1. The minimum absolute atomic E-state index is 0.510. The summed E-state index contributed by atoms with van der Waals surface area (Å²) < 4.78 is 0. The lowest BCUT2D eigenvalue weighted by atomic mass is 9.98. The van der Waals surface area contributed by atoms with Gasteiger partial charge in [0, 0.05) is 16.1 Å². The highest BCUT2D eigenvalue weighted by Gasteiger charge is 2.07.